The monoisotopic (exact) mass is 307 g/mol. The summed E-state index contributed by atoms with van der Waals surface area (Å²) in [5.41, 5.74) is 1.97. The van der Waals surface area contributed by atoms with Gasteiger partial charge in [0.1, 0.15) is 5.82 Å². The maximum absolute atomic E-state index is 10.9. The molecule has 0 radical (unpaired) electrons. The summed E-state index contributed by atoms with van der Waals surface area (Å²) in [7, 11) is 0. The lowest BCUT2D eigenvalue weighted by Crippen LogP contribution is -1.94. The molecule has 0 aliphatic heterocycles. The van der Waals surface area contributed by atoms with E-state index < -0.39 is 4.92 Å². The van der Waals surface area contributed by atoms with Crippen molar-refractivity contribution in [3.05, 3.63) is 77.0 Å². The van der Waals surface area contributed by atoms with Crippen molar-refractivity contribution in [1.82, 2.24) is 4.98 Å². The first-order chi connectivity index (χ1) is 11.1. The Kier molecular flexibility index (Phi) is 3.88. The van der Waals surface area contributed by atoms with Gasteiger partial charge in [0.25, 0.3) is 0 Å². The summed E-state index contributed by atoms with van der Waals surface area (Å²) in [6.07, 6.45) is 1.62. The van der Waals surface area contributed by atoms with Crippen LogP contribution in [0.1, 0.15) is 0 Å². The van der Waals surface area contributed by atoms with Crippen LogP contribution in [0.5, 0.6) is 5.75 Å². The zero-order chi connectivity index (χ0) is 16.2. The Balaban J connectivity index is 1.94. The van der Waals surface area contributed by atoms with Gasteiger partial charge in [0.05, 0.1) is 4.92 Å². The molecular formula is C17H13N3O3. The zero-order valence-corrected chi connectivity index (χ0v) is 12.0. The number of para-hydroxylation sites is 1. The van der Waals surface area contributed by atoms with Gasteiger partial charge in [-0.05, 0) is 41.5 Å². The maximum atomic E-state index is 10.9. The molecule has 0 unspecified atom stereocenters. The highest BCUT2D eigenvalue weighted by atomic mass is 16.6. The van der Waals surface area contributed by atoms with Crippen molar-refractivity contribution in [1.29, 1.82) is 0 Å². The van der Waals surface area contributed by atoms with E-state index in [1.165, 1.54) is 12.1 Å². The molecule has 6 heteroatoms. The van der Waals surface area contributed by atoms with Gasteiger partial charge in [-0.1, -0.05) is 24.3 Å². The number of anilines is 2. The molecule has 114 valence electrons. The molecule has 3 rings (SSSR count). The molecule has 0 saturated heterocycles. The van der Waals surface area contributed by atoms with Crippen molar-refractivity contribution in [2.45, 2.75) is 0 Å². The van der Waals surface area contributed by atoms with Gasteiger partial charge in [-0.2, -0.15) is 0 Å². The number of nitro benzene ring substituents is 1. The summed E-state index contributed by atoms with van der Waals surface area (Å²) in [6.45, 7) is 0. The van der Waals surface area contributed by atoms with Crippen LogP contribution in [0.15, 0.2) is 66.9 Å². The van der Waals surface area contributed by atoms with Gasteiger partial charge >= 0.3 is 5.69 Å². The first-order valence-corrected chi connectivity index (χ1v) is 6.89. The first kappa shape index (κ1) is 14.5. The van der Waals surface area contributed by atoms with Crippen molar-refractivity contribution in [3.63, 3.8) is 0 Å². The van der Waals surface area contributed by atoms with E-state index in [1.807, 2.05) is 30.3 Å². The van der Waals surface area contributed by atoms with Gasteiger partial charge in [0.15, 0.2) is 5.75 Å². The maximum Gasteiger partial charge on any atom is 0.311 e. The van der Waals surface area contributed by atoms with E-state index in [-0.39, 0.29) is 11.4 Å². The number of phenols is 1. The molecule has 0 aliphatic carbocycles. The number of aromatic nitrogens is 1. The van der Waals surface area contributed by atoms with Gasteiger partial charge in [-0.15, -0.1) is 0 Å². The fourth-order valence-electron chi connectivity index (χ4n) is 2.20. The molecular weight excluding hydrogens is 294 g/mol. The number of hydrogen-bond donors (Lipinski definition) is 2. The van der Waals surface area contributed by atoms with E-state index in [0.29, 0.717) is 11.4 Å². The lowest BCUT2D eigenvalue weighted by Gasteiger charge is -2.08. The Morgan fingerprint density at radius 3 is 2.48 bits per heavy atom. The highest BCUT2D eigenvalue weighted by Gasteiger charge is 2.14. The minimum absolute atomic E-state index is 0.322. The average molecular weight is 307 g/mol. The van der Waals surface area contributed by atoms with Crippen LogP contribution >= 0.6 is 0 Å². The number of nitrogens with zero attached hydrogens (tertiary/aromatic N) is 2. The zero-order valence-electron chi connectivity index (χ0n) is 12.0. The standard InChI is InChI=1S/C17H13N3O3/c21-16-7-6-12(10-15(16)20(22)23)13-8-9-18-17(11-13)19-14-4-2-1-3-5-14/h1-11,21H,(H,18,19). The third-order valence-electron chi connectivity index (χ3n) is 3.31. The molecule has 0 amide bonds. The van der Waals surface area contributed by atoms with Gasteiger partial charge in [-0.3, -0.25) is 10.1 Å². The average Bonchev–Trinajstić information content (AvgIpc) is 2.56. The lowest BCUT2D eigenvalue weighted by molar-refractivity contribution is -0.385. The smallest absolute Gasteiger partial charge is 0.311 e. The topological polar surface area (TPSA) is 88.3 Å². The van der Waals surface area contributed by atoms with Gasteiger partial charge < -0.3 is 10.4 Å². The summed E-state index contributed by atoms with van der Waals surface area (Å²) in [4.78, 5) is 14.6. The van der Waals surface area contributed by atoms with Gasteiger partial charge in [0.2, 0.25) is 0 Å². The van der Waals surface area contributed by atoms with Crippen molar-refractivity contribution in [3.8, 4) is 16.9 Å². The molecule has 1 aromatic heterocycles. The van der Waals surface area contributed by atoms with Crippen LogP contribution in [-0.2, 0) is 0 Å². The van der Waals surface area contributed by atoms with Crippen molar-refractivity contribution in [2.24, 2.45) is 0 Å². The molecule has 0 bridgehead atoms. The minimum atomic E-state index is -0.608. The van der Waals surface area contributed by atoms with E-state index in [1.54, 1.807) is 24.4 Å². The third-order valence-corrected chi connectivity index (χ3v) is 3.31. The van der Waals surface area contributed by atoms with Crippen molar-refractivity contribution in [2.75, 3.05) is 5.32 Å². The molecule has 2 N–H and O–H groups in total. The van der Waals surface area contributed by atoms with E-state index in [4.69, 9.17) is 0 Å². The van der Waals surface area contributed by atoms with Crippen LogP contribution in [0.2, 0.25) is 0 Å². The second-order valence-electron chi connectivity index (χ2n) is 4.88. The molecule has 0 aliphatic rings. The normalized spacial score (nSPS) is 10.3. The van der Waals surface area contributed by atoms with E-state index in [2.05, 4.69) is 10.3 Å². The summed E-state index contributed by atoms with van der Waals surface area (Å²) in [5, 5.41) is 23.6. The van der Waals surface area contributed by atoms with Crippen LogP contribution < -0.4 is 5.32 Å². The van der Waals surface area contributed by atoms with Crippen LogP contribution in [0.25, 0.3) is 11.1 Å². The fourth-order valence-corrected chi connectivity index (χ4v) is 2.20. The number of nitro groups is 1. The number of nitrogens with one attached hydrogen (secondary N) is 1. The highest BCUT2D eigenvalue weighted by molar-refractivity contribution is 5.71. The molecule has 23 heavy (non-hydrogen) atoms. The summed E-state index contributed by atoms with van der Waals surface area (Å²) in [6, 6.07) is 17.4. The van der Waals surface area contributed by atoms with Crippen molar-refractivity contribution < 1.29 is 10.0 Å². The number of pyridine rings is 1. The predicted octanol–water partition coefficient (Wildman–Crippen LogP) is 4.11. The third kappa shape index (κ3) is 3.26. The number of rotatable bonds is 4. The number of hydrogen-bond acceptors (Lipinski definition) is 5. The second kappa shape index (κ2) is 6.15. The quantitative estimate of drug-likeness (QED) is 0.559. The molecule has 2 aromatic carbocycles. The van der Waals surface area contributed by atoms with Crippen LogP contribution in [0, 0.1) is 10.1 Å². The Morgan fingerprint density at radius 1 is 1.00 bits per heavy atom. The largest absolute Gasteiger partial charge is 0.502 e. The lowest BCUT2D eigenvalue weighted by atomic mass is 10.1. The molecule has 0 atom stereocenters. The SMILES string of the molecule is O=[N+]([O-])c1cc(-c2ccnc(Nc3ccccc3)c2)ccc1O. The number of aromatic hydroxyl groups is 1. The molecule has 0 fully saturated rings. The first-order valence-electron chi connectivity index (χ1n) is 6.89. The molecule has 6 nitrogen and oxygen atoms in total. The Hall–Kier alpha value is -3.41. The fraction of sp³-hybridized carbons (Fsp3) is 0. The van der Waals surface area contributed by atoms with Crippen molar-refractivity contribution >= 4 is 17.2 Å². The molecule has 3 aromatic rings. The summed E-state index contributed by atoms with van der Waals surface area (Å²) >= 11 is 0. The molecule has 0 saturated carbocycles. The summed E-state index contributed by atoms with van der Waals surface area (Å²) < 4.78 is 0. The minimum Gasteiger partial charge on any atom is -0.502 e. The van der Waals surface area contributed by atoms with E-state index >= 15 is 0 Å². The Labute approximate surface area is 132 Å². The van der Waals surface area contributed by atoms with Crippen LogP contribution in [0.3, 0.4) is 0 Å². The molecule has 1 heterocycles. The van der Waals surface area contributed by atoms with Gasteiger partial charge in [0, 0.05) is 18.0 Å². The van der Waals surface area contributed by atoms with Gasteiger partial charge in [-0.25, -0.2) is 4.98 Å². The second-order valence-corrected chi connectivity index (χ2v) is 4.88. The van der Waals surface area contributed by atoms with E-state index in [0.717, 1.165) is 11.3 Å². The van der Waals surface area contributed by atoms with Crippen LogP contribution in [0.4, 0.5) is 17.2 Å². The highest BCUT2D eigenvalue weighted by Crippen LogP contribution is 2.32. The Morgan fingerprint density at radius 2 is 1.74 bits per heavy atom. The number of phenolic OH excluding ortho intramolecular Hbond substituents is 1. The number of benzene rings is 2. The van der Waals surface area contributed by atoms with Crippen LogP contribution in [-0.4, -0.2) is 15.0 Å². The predicted molar refractivity (Wildman–Crippen MR) is 87.7 cm³/mol. The van der Waals surface area contributed by atoms with E-state index in [9.17, 15) is 15.2 Å². The molecule has 0 spiro atoms. The Bertz CT molecular complexity index is 851. The summed E-state index contributed by atoms with van der Waals surface area (Å²) in [5.74, 6) is 0.278.